The minimum Gasteiger partial charge on any atom is -0.289 e. The van der Waals surface area contributed by atoms with E-state index < -0.39 is 55.5 Å². The van der Waals surface area contributed by atoms with Gasteiger partial charge in [0.25, 0.3) is 0 Å². The van der Waals surface area contributed by atoms with Crippen molar-refractivity contribution in [1.82, 2.24) is 0 Å². The van der Waals surface area contributed by atoms with E-state index in [2.05, 4.69) is 0 Å². The van der Waals surface area contributed by atoms with Crippen molar-refractivity contribution in [3.63, 3.8) is 0 Å². The molecule has 0 unspecified atom stereocenters. The summed E-state index contributed by atoms with van der Waals surface area (Å²) in [6.07, 6.45) is 1.20. The van der Waals surface area contributed by atoms with Crippen LogP contribution in [0.2, 0.25) is 0 Å². The summed E-state index contributed by atoms with van der Waals surface area (Å²) in [5.41, 5.74) is -3.13. The van der Waals surface area contributed by atoms with Crippen molar-refractivity contribution in [1.29, 1.82) is 0 Å². The number of benzene rings is 2. The minimum absolute atomic E-state index is 0.600. The second kappa shape index (κ2) is 7.38. The number of hydrogen-bond donors (Lipinski definition) is 0. The van der Waals surface area contributed by atoms with Gasteiger partial charge < -0.3 is 0 Å². The maximum Gasteiger partial charge on any atom is 0.305 e. The number of nitro benzene ring substituents is 2. The van der Waals surface area contributed by atoms with Crippen LogP contribution in [0.3, 0.4) is 0 Å². The Morgan fingerprint density at radius 2 is 1.12 bits per heavy atom. The Bertz CT molecular complexity index is 894. The van der Waals surface area contributed by atoms with E-state index in [0.717, 1.165) is 36.4 Å². The number of ketones is 2. The first-order chi connectivity index (χ1) is 12.2. The molecule has 0 aliphatic carbocycles. The van der Waals surface area contributed by atoms with Gasteiger partial charge in [-0.15, -0.1) is 0 Å². The molecular formula is C16H8F2N2O6. The van der Waals surface area contributed by atoms with E-state index in [1.54, 1.807) is 0 Å². The normalized spacial score (nSPS) is 10.7. The average Bonchev–Trinajstić information content (AvgIpc) is 2.59. The van der Waals surface area contributed by atoms with Crippen molar-refractivity contribution in [2.45, 2.75) is 0 Å². The molecule has 0 aromatic heterocycles. The lowest BCUT2D eigenvalue weighted by molar-refractivity contribution is -0.387. The van der Waals surface area contributed by atoms with Crippen molar-refractivity contribution in [2.75, 3.05) is 0 Å². The summed E-state index contributed by atoms with van der Waals surface area (Å²) in [5.74, 6) is -4.88. The smallest absolute Gasteiger partial charge is 0.289 e. The first-order valence-corrected chi connectivity index (χ1v) is 6.86. The molecule has 0 bridgehead atoms. The molecule has 2 rings (SSSR count). The van der Waals surface area contributed by atoms with Crippen molar-refractivity contribution < 1.29 is 28.2 Å². The zero-order valence-electron chi connectivity index (χ0n) is 12.7. The van der Waals surface area contributed by atoms with Gasteiger partial charge in [-0.25, -0.2) is 0 Å². The summed E-state index contributed by atoms with van der Waals surface area (Å²) >= 11 is 0. The third kappa shape index (κ3) is 3.64. The van der Waals surface area contributed by atoms with Gasteiger partial charge in [0.2, 0.25) is 11.6 Å². The van der Waals surface area contributed by atoms with Gasteiger partial charge in [0, 0.05) is 12.1 Å². The maximum absolute atomic E-state index is 13.9. The monoisotopic (exact) mass is 362 g/mol. The van der Waals surface area contributed by atoms with Crippen LogP contribution in [0.15, 0.2) is 48.6 Å². The molecular weight excluding hydrogens is 354 g/mol. The molecule has 0 saturated heterocycles. The van der Waals surface area contributed by atoms with Crippen LogP contribution in [0.25, 0.3) is 0 Å². The molecule has 0 radical (unpaired) electrons. The third-order valence-electron chi connectivity index (χ3n) is 3.27. The Hall–Kier alpha value is -3.82. The summed E-state index contributed by atoms with van der Waals surface area (Å²) in [7, 11) is 0. The maximum atomic E-state index is 13.9. The molecule has 0 aliphatic rings. The van der Waals surface area contributed by atoms with E-state index in [4.69, 9.17) is 0 Å². The summed E-state index contributed by atoms with van der Waals surface area (Å²) in [5, 5.41) is 21.3. The number of hydrogen-bond acceptors (Lipinski definition) is 6. The van der Waals surface area contributed by atoms with Crippen molar-refractivity contribution in [2.24, 2.45) is 0 Å². The van der Waals surface area contributed by atoms with Crippen LogP contribution in [-0.4, -0.2) is 21.4 Å². The van der Waals surface area contributed by atoms with Crippen LogP contribution >= 0.6 is 0 Å². The Morgan fingerprint density at radius 3 is 1.42 bits per heavy atom. The van der Waals surface area contributed by atoms with Crippen molar-refractivity contribution >= 4 is 22.9 Å². The highest BCUT2D eigenvalue weighted by Crippen LogP contribution is 2.22. The van der Waals surface area contributed by atoms with Gasteiger partial charge in [0.1, 0.15) is 0 Å². The molecule has 0 amide bonds. The van der Waals surface area contributed by atoms with Crippen LogP contribution in [0.1, 0.15) is 20.7 Å². The number of carbonyl (C=O) groups excluding carboxylic acids is 2. The Balaban J connectivity index is 2.31. The summed E-state index contributed by atoms with van der Waals surface area (Å²) in [6.45, 7) is 0. The minimum atomic E-state index is -1.37. The third-order valence-corrected chi connectivity index (χ3v) is 3.27. The largest absolute Gasteiger partial charge is 0.305 e. The number of nitro groups is 2. The lowest BCUT2D eigenvalue weighted by Gasteiger charge is -2.00. The SMILES string of the molecule is O=C(C=CC(=O)c1cccc([N+](=O)[O-])c1F)c1cccc([N+](=O)[O-])c1F. The zero-order chi connectivity index (χ0) is 19.4. The van der Waals surface area contributed by atoms with E-state index >= 15 is 0 Å². The van der Waals surface area contributed by atoms with Crippen LogP contribution in [0.5, 0.6) is 0 Å². The van der Waals surface area contributed by atoms with Gasteiger partial charge in [-0.2, -0.15) is 8.78 Å². The molecule has 26 heavy (non-hydrogen) atoms. The molecule has 132 valence electrons. The molecule has 2 aromatic carbocycles. The zero-order valence-corrected chi connectivity index (χ0v) is 12.7. The Kier molecular flexibility index (Phi) is 5.26. The fourth-order valence-corrected chi connectivity index (χ4v) is 2.03. The number of rotatable bonds is 6. The first-order valence-electron chi connectivity index (χ1n) is 6.86. The Morgan fingerprint density at radius 1 is 0.769 bits per heavy atom. The standard InChI is InChI=1S/C16H8F2N2O6/c17-15-9(3-1-5-11(15)19(23)24)13(21)7-8-14(22)10-4-2-6-12(16(10)18)20(25)26/h1-8H. The quantitative estimate of drug-likeness (QED) is 0.336. The highest BCUT2D eigenvalue weighted by atomic mass is 19.1. The Labute approximate surface area is 143 Å². The number of halogens is 2. The van der Waals surface area contributed by atoms with Crippen LogP contribution in [0, 0.1) is 31.9 Å². The summed E-state index contributed by atoms with van der Waals surface area (Å²) in [4.78, 5) is 43.2. The molecule has 0 fully saturated rings. The van der Waals surface area contributed by atoms with E-state index in [1.165, 1.54) is 0 Å². The summed E-state index contributed by atoms with van der Waals surface area (Å²) in [6, 6.07) is 5.86. The highest BCUT2D eigenvalue weighted by Gasteiger charge is 2.22. The molecule has 2 aromatic rings. The van der Waals surface area contributed by atoms with Crippen LogP contribution in [-0.2, 0) is 0 Å². The first kappa shape index (κ1) is 18.5. The molecule has 0 N–H and O–H groups in total. The van der Waals surface area contributed by atoms with E-state index in [1.807, 2.05) is 0 Å². The van der Waals surface area contributed by atoms with E-state index in [-0.39, 0.29) is 0 Å². The highest BCUT2D eigenvalue weighted by molar-refractivity contribution is 6.12. The molecule has 8 nitrogen and oxygen atoms in total. The van der Waals surface area contributed by atoms with Gasteiger partial charge in [0.15, 0.2) is 11.6 Å². The molecule has 0 heterocycles. The van der Waals surface area contributed by atoms with Crippen molar-refractivity contribution in [3.05, 3.63) is 91.5 Å². The van der Waals surface area contributed by atoms with E-state index in [0.29, 0.717) is 12.2 Å². The number of nitrogens with zero attached hydrogens (tertiary/aromatic N) is 2. The average molecular weight is 362 g/mol. The van der Waals surface area contributed by atoms with Gasteiger partial charge in [-0.3, -0.25) is 29.8 Å². The number of carbonyl (C=O) groups is 2. The van der Waals surface area contributed by atoms with Crippen LogP contribution < -0.4 is 0 Å². The molecule has 0 saturated carbocycles. The van der Waals surface area contributed by atoms with Gasteiger partial charge in [-0.1, -0.05) is 12.1 Å². The predicted molar refractivity (Wildman–Crippen MR) is 83.9 cm³/mol. The van der Waals surface area contributed by atoms with E-state index in [9.17, 15) is 38.6 Å². The fraction of sp³-hybridized carbons (Fsp3) is 0. The lowest BCUT2D eigenvalue weighted by Crippen LogP contribution is -2.05. The molecule has 10 heteroatoms. The molecule has 0 spiro atoms. The molecule has 0 atom stereocenters. The van der Waals surface area contributed by atoms with Crippen molar-refractivity contribution in [3.8, 4) is 0 Å². The summed E-state index contributed by atoms with van der Waals surface area (Å²) < 4.78 is 27.8. The topological polar surface area (TPSA) is 120 Å². The van der Waals surface area contributed by atoms with Gasteiger partial charge in [0.05, 0.1) is 21.0 Å². The lowest BCUT2D eigenvalue weighted by atomic mass is 10.1. The van der Waals surface area contributed by atoms with Gasteiger partial charge >= 0.3 is 11.4 Å². The van der Waals surface area contributed by atoms with Gasteiger partial charge in [-0.05, 0) is 24.3 Å². The fourth-order valence-electron chi connectivity index (χ4n) is 2.03. The second-order valence-corrected chi connectivity index (χ2v) is 4.85. The predicted octanol–water partition coefficient (Wildman–Crippen LogP) is 3.40. The number of allylic oxidation sites excluding steroid dienone is 2. The van der Waals surface area contributed by atoms with Crippen LogP contribution in [0.4, 0.5) is 20.2 Å². The second-order valence-electron chi connectivity index (χ2n) is 4.85. The molecule has 0 aliphatic heterocycles.